The fraction of sp³-hybridized carbons (Fsp3) is 0. The van der Waals surface area contributed by atoms with Crippen LogP contribution in [0.5, 0.6) is 0 Å². The molecule has 0 saturated heterocycles. The lowest BCUT2D eigenvalue weighted by Crippen LogP contribution is -2.04. The number of carboxylic acid groups (broad SMARTS) is 1. The van der Waals surface area contributed by atoms with Crippen LogP contribution in [0.2, 0.25) is 0 Å². The summed E-state index contributed by atoms with van der Waals surface area (Å²) in [6.45, 7) is 0. The highest BCUT2D eigenvalue weighted by atomic mass is 19.1. The van der Waals surface area contributed by atoms with Crippen LogP contribution in [0.3, 0.4) is 0 Å². The summed E-state index contributed by atoms with van der Waals surface area (Å²) in [5, 5.41) is 8.71. The van der Waals surface area contributed by atoms with Crippen LogP contribution in [0.25, 0.3) is 11.3 Å². The summed E-state index contributed by atoms with van der Waals surface area (Å²) >= 11 is 0. The van der Waals surface area contributed by atoms with Gasteiger partial charge < -0.3 is 5.11 Å². The average molecular weight is 218 g/mol. The Bertz CT molecular complexity index is 543. The number of halogens is 1. The van der Waals surface area contributed by atoms with E-state index < -0.39 is 11.8 Å². The number of carbonyl (C=O) groups is 1. The van der Waals surface area contributed by atoms with Crippen LogP contribution in [0.15, 0.2) is 36.5 Å². The van der Waals surface area contributed by atoms with Crippen LogP contribution in [0.1, 0.15) is 10.6 Å². The van der Waals surface area contributed by atoms with Gasteiger partial charge in [0.2, 0.25) is 5.82 Å². The molecule has 0 aliphatic rings. The Hall–Kier alpha value is -2.30. The predicted molar refractivity (Wildman–Crippen MR) is 54.4 cm³/mol. The van der Waals surface area contributed by atoms with Crippen molar-refractivity contribution in [1.29, 1.82) is 0 Å². The molecule has 16 heavy (non-hydrogen) atoms. The molecular weight excluding hydrogens is 211 g/mol. The highest BCUT2D eigenvalue weighted by Gasteiger charge is 2.08. The van der Waals surface area contributed by atoms with Crippen molar-refractivity contribution in [2.24, 2.45) is 0 Å². The lowest BCUT2D eigenvalue weighted by Gasteiger charge is -2.01. The first-order valence-corrected chi connectivity index (χ1v) is 4.49. The quantitative estimate of drug-likeness (QED) is 0.837. The molecule has 1 heterocycles. The van der Waals surface area contributed by atoms with E-state index >= 15 is 0 Å². The number of aromatic carboxylic acids is 1. The number of benzene rings is 1. The molecule has 1 aromatic carbocycles. The Kier molecular flexibility index (Phi) is 2.59. The number of carboxylic acids is 1. The lowest BCUT2D eigenvalue weighted by molar-refractivity contribution is 0.0683. The fourth-order valence-electron chi connectivity index (χ4n) is 1.27. The first-order valence-electron chi connectivity index (χ1n) is 4.49. The van der Waals surface area contributed by atoms with Gasteiger partial charge in [0.05, 0.1) is 5.69 Å². The summed E-state index contributed by atoms with van der Waals surface area (Å²) in [5.41, 5.74) is 0.900. The molecule has 0 radical (unpaired) electrons. The predicted octanol–water partition coefficient (Wildman–Crippen LogP) is 1.98. The third-order valence-electron chi connectivity index (χ3n) is 1.97. The molecule has 1 aromatic heterocycles. The zero-order valence-electron chi connectivity index (χ0n) is 8.09. The maximum atomic E-state index is 13.0. The zero-order valence-corrected chi connectivity index (χ0v) is 8.09. The van der Waals surface area contributed by atoms with Gasteiger partial charge in [-0.25, -0.2) is 19.2 Å². The van der Waals surface area contributed by atoms with Crippen LogP contribution in [-0.2, 0) is 0 Å². The molecule has 0 fully saturated rings. The second kappa shape index (κ2) is 4.06. The average Bonchev–Trinajstić information content (AvgIpc) is 2.29. The summed E-state index contributed by atoms with van der Waals surface area (Å²) in [6, 6.07) is 7.31. The lowest BCUT2D eigenvalue weighted by atomic mass is 10.1. The third kappa shape index (κ3) is 2.03. The first kappa shape index (κ1) is 10.2. The second-order valence-corrected chi connectivity index (χ2v) is 3.08. The van der Waals surface area contributed by atoms with E-state index in [1.807, 2.05) is 0 Å². The monoisotopic (exact) mass is 218 g/mol. The molecular formula is C11H7FN2O2. The first-order chi connectivity index (χ1) is 7.66. The minimum Gasteiger partial charge on any atom is -0.475 e. The molecule has 0 atom stereocenters. The largest absolute Gasteiger partial charge is 0.475 e. The number of hydrogen-bond acceptors (Lipinski definition) is 3. The Morgan fingerprint density at radius 2 is 2.12 bits per heavy atom. The molecule has 2 rings (SSSR count). The van der Waals surface area contributed by atoms with Crippen molar-refractivity contribution in [3.63, 3.8) is 0 Å². The molecule has 0 aliphatic carbocycles. The molecule has 2 aromatic rings. The molecule has 0 saturated carbocycles. The SMILES string of the molecule is O=C(O)c1nccc(-c2cccc(F)c2)n1. The summed E-state index contributed by atoms with van der Waals surface area (Å²) < 4.78 is 13.0. The van der Waals surface area contributed by atoms with E-state index in [0.29, 0.717) is 11.3 Å². The van der Waals surface area contributed by atoms with Gasteiger partial charge in [-0.1, -0.05) is 12.1 Å². The normalized spacial score (nSPS) is 10.1. The van der Waals surface area contributed by atoms with E-state index in [4.69, 9.17) is 5.11 Å². The maximum absolute atomic E-state index is 13.0. The van der Waals surface area contributed by atoms with Crippen molar-refractivity contribution in [1.82, 2.24) is 9.97 Å². The topological polar surface area (TPSA) is 63.1 Å². The van der Waals surface area contributed by atoms with Gasteiger partial charge in [0.1, 0.15) is 5.82 Å². The minimum atomic E-state index is -1.21. The van der Waals surface area contributed by atoms with Crippen LogP contribution in [0.4, 0.5) is 4.39 Å². The van der Waals surface area contributed by atoms with E-state index in [0.717, 1.165) is 0 Å². The van der Waals surface area contributed by atoms with Gasteiger partial charge >= 0.3 is 5.97 Å². The van der Waals surface area contributed by atoms with Crippen LogP contribution >= 0.6 is 0 Å². The number of hydrogen-bond donors (Lipinski definition) is 1. The summed E-state index contributed by atoms with van der Waals surface area (Å²) in [7, 11) is 0. The van der Waals surface area contributed by atoms with E-state index in [-0.39, 0.29) is 5.82 Å². The van der Waals surface area contributed by atoms with Crippen molar-refractivity contribution < 1.29 is 14.3 Å². The number of nitrogens with zero attached hydrogens (tertiary/aromatic N) is 2. The summed E-state index contributed by atoms with van der Waals surface area (Å²) in [5.74, 6) is -1.91. The van der Waals surface area contributed by atoms with Crippen LogP contribution < -0.4 is 0 Å². The molecule has 4 nitrogen and oxygen atoms in total. The Balaban J connectivity index is 2.48. The molecule has 80 valence electrons. The highest BCUT2D eigenvalue weighted by Crippen LogP contribution is 2.17. The third-order valence-corrected chi connectivity index (χ3v) is 1.97. The molecule has 5 heteroatoms. The Morgan fingerprint density at radius 3 is 2.81 bits per heavy atom. The van der Waals surface area contributed by atoms with E-state index in [1.165, 1.54) is 30.5 Å². The zero-order chi connectivity index (χ0) is 11.5. The standard InChI is InChI=1S/C11H7FN2O2/c12-8-3-1-2-7(6-8)9-4-5-13-10(14-9)11(15)16/h1-6H,(H,15,16). The van der Waals surface area contributed by atoms with Crippen molar-refractivity contribution in [3.05, 3.63) is 48.2 Å². The van der Waals surface area contributed by atoms with E-state index in [9.17, 15) is 9.18 Å². The fourth-order valence-corrected chi connectivity index (χ4v) is 1.27. The minimum absolute atomic E-state index is 0.304. The molecule has 0 spiro atoms. The molecule has 1 N–H and O–H groups in total. The second-order valence-electron chi connectivity index (χ2n) is 3.08. The van der Waals surface area contributed by atoms with Gasteiger partial charge in [-0.3, -0.25) is 0 Å². The van der Waals surface area contributed by atoms with Crippen molar-refractivity contribution in [2.75, 3.05) is 0 Å². The Labute approximate surface area is 90.4 Å². The van der Waals surface area contributed by atoms with Crippen LogP contribution in [-0.4, -0.2) is 21.0 Å². The smallest absolute Gasteiger partial charge is 0.373 e. The maximum Gasteiger partial charge on any atom is 0.373 e. The molecule has 0 amide bonds. The van der Waals surface area contributed by atoms with E-state index in [1.54, 1.807) is 6.07 Å². The van der Waals surface area contributed by atoms with Gasteiger partial charge in [0, 0.05) is 11.8 Å². The van der Waals surface area contributed by atoms with Crippen molar-refractivity contribution >= 4 is 5.97 Å². The van der Waals surface area contributed by atoms with Gasteiger partial charge in [-0.15, -0.1) is 0 Å². The van der Waals surface area contributed by atoms with Crippen molar-refractivity contribution in [2.45, 2.75) is 0 Å². The summed E-state index contributed by atoms with van der Waals surface area (Å²) in [4.78, 5) is 18.0. The van der Waals surface area contributed by atoms with Gasteiger partial charge in [0.25, 0.3) is 0 Å². The molecule has 0 unspecified atom stereocenters. The summed E-state index contributed by atoms with van der Waals surface area (Å²) in [6.07, 6.45) is 1.33. The van der Waals surface area contributed by atoms with E-state index in [2.05, 4.69) is 9.97 Å². The highest BCUT2D eigenvalue weighted by molar-refractivity contribution is 5.83. The molecule has 0 bridgehead atoms. The van der Waals surface area contributed by atoms with Gasteiger partial charge in [-0.2, -0.15) is 0 Å². The Morgan fingerprint density at radius 1 is 1.31 bits per heavy atom. The number of aromatic nitrogens is 2. The van der Waals surface area contributed by atoms with Gasteiger partial charge in [-0.05, 0) is 18.2 Å². The van der Waals surface area contributed by atoms with Gasteiger partial charge in [0.15, 0.2) is 0 Å². The molecule has 0 aliphatic heterocycles. The van der Waals surface area contributed by atoms with Crippen LogP contribution in [0, 0.1) is 5.82 Å². The number of rotatable bonds is 2. The van der Waals surface area contributed by atoms with Crippen molar-refractivity contribution in [3.8, 4) is 11.3 Å².